The smallest absolute Gasteiger partial charge is 0.130 e. The quantitative estimate of drug-likeness (QED) is 0.770. The number of nitrogens with one attached hydrogen (secondary N) is 1. The third-order valence-electron chi connectivity index (χ3n) is 5.17. The molecule has 2 aliphatic carbocycles. The van der Waals surface area contributed by atoms with Crippen molar-refractivity contribution >= 4 is 22.7 Å². The Labute approximate surface area is 141 Å². The first-order chi connectivity index (χ1) is 11.1. The highest BCUT2D eigenvalue weighted by molar-refractivity contribution is 8.15. The monoisotopic (exact) mass is 330 g/mol. The molecule has 122 valence electrons. The van der Waals surface area contributed by atoms with Crippen molar-refractivity contribution in [2.45, 2.75) is 58.8 Å². The first-order valence-corrected chi connectivity index (χ1v) is 9.52. The Morgan fingerprint density at radius 2 is 1.65 bits per heavy atom. The number of benzene rings is 1. The highest BCUT2D eigenvalue weighted by Crippen LogP contribution is 2.42. The lowest BCUT2D eigenvalue weighted by Gasteiger charge is -2.17. The van der Waals surface area contributed by atoms with Gasteiger partial charge in [-0.15, -0.1) is 0 Å². The highest BCUT2D eigenvalue weighted by atomic mass is 32.2. The summed E-state index contributed by atoms with van der Waals surface area (Å²) in [6.07, 6.45) is 9.09. The van der Waals surface area contributed by atoms with Crippen LogP contribution in [-0.4, -0.2) is 5.04 Å². The van der Waals surface area contributed by atoms with Gasteiger partial charge in [0.1, 0.15) is 5.82 Å². The first-order valence-electron chi connectivity index (χ1n) is 8.70. The van der Waals surface area contributed by atoms with Gasteiger partial charge in [0.15, 0.2) is 0 Å². The van der Waals surface area contributed by atoms with E-state index in [9.17, 15) is 4.39 Å². The second-order valence-electron chi connectivity index (χ2n) is 7.01. The van der Waals surface area contributed by atoms with Gasteiger partial charge in [0.2, 0.25) is 0 Å². The summed E-state index contributed by atoms with van der Waals surface area (Å²) in [5.74, 6) is 0.579. The van der Waals surface area contributed by atoms with E-state index in [0.29, 0.717) is 5.92 Å². The Kier molecular flexibility index (Phi) is 3.96. The van der Waals surface area contributed by atoms with Crippen molar-refractivity contribution in [1.29, 1.82) is 0 Å². The van der Waals surface area contributed by atoms with Crippen molar-refractivity contribution in [2.75, 3.05) is 4.72 Å². The molecule has 0 unspecified atom stereocenters. The van der Waals surface area contributed by atoms with Crippen LogP contribution in [0.2, 0.25) is 0 Å². The van der Waals surface area contributed by atoms with E-state index in [1.807, 2.05) is 0 Å². The lowest BCUT2D eigenvalue weighted by molar-refractivity contribution is 0.598. The van der Waals surface area contributed by atoms with Gasteiger partial charge in [-0.2, -0.15) is 0 Å². The molecule has 1 aromatic rings. The van der Waals surface area contributed by atoms with E-state index >= 15 is 0 Å². The normalized spacial score (nSPS) is 19.0. The second kappa shape index (κ2) is 5.97. The van der Waals surface area contributed by atoms with Crippen LogP contribution in [0.3, 0.4) is 0 Å². The first kappa shape index (κ1) is 15.3. The van der Waals surface area contributed by atoms with E-state index in [2.05, 4.69) is 24.6 Å². The summed E-state index contributed by atoms with van der Waals surface area (Å²) in [6, 6.07) is 0. The van der Waals surface area contributed by atoms with Crippen LogP contribution >= 0.6 is 11.9 Å². The predicted octanol–water partition coefficient (Wildman–Crippen LogP) is 5.21. The van der Waals surface area contributed by atoms with E-state index in [4.69, 9.17) is 4.99 Å². The maximum absolute atomic E-state index is 14.7. The molecule has 0 atom stereocenters. The molecule has 1 aromatic carbocycles. The summed E-state index contributed by atoms with van der Waals surface area (Å²) in [5.41, 5.74) is 6.80. The van der Waals surface area contributed by atoms with E-state index in [0.717, 1.165) is 61.1 Å². The van der Waals surface area contributed by atoms with Crippen LogP contribution < -0.4 is 4.72 Å². The van der Waals surface area contributed by atoms with Crippen LogP contribution in [0.5, 0.6) is 0 Å². The van der Waals surface area contributed by atoms with Gasteiger partial charge in [-0.05, 0) is 66.7 Å². The number of hydrogen-bond acceptors (Lipinski definition) is 3. The van der Waals surface area contributed by atoms with E-state index in [1.165, 1.54) is 22.5 Å². The molecule has 4 heteroatoms. The van der Waals surface area contributed by atoms with Gasteiger partial charge in [-0.25, -0.2) is 9.38 Å². The zero-order valence-electron chi connectivity index (χ0n) is 13.8. The average Bonchev–Trinajstić information content (AvgIpc) is 3.27. The molecule has 0 fully saturated rings. The Balaban J connectivity index is 1.60. The number of hydrogen-bond donors (Lipinski definition) is 1. The van der Waals surface area contributed by atoms with Gasteiger partial charge < -0.3 is 4.72 Å². The van der Waals surface area contributed by atoms with Crippen LogP contribution in [0, 0.1) is 11.7 Å². The highest BCUT2D eigenvalue weighted by Gasteiger charge is 2.29. The maximum Gasteiger partial charge on any atom is 0.130 e. The number of halogens is 1. The van der Waals surface area contributed by atoms with E-state index in [1.54, 1.807) is 11.9 Å². The molecule has 1 heterocycles. The molecule has 1 aliphatic heterocycles. The van der Waals surface area contributed by atoms with Crippen molar-refractivity contribution in [3.63, 3.8) is 0 Å². The molecule has 0 radical (unpaired) electrons. The fraction of sp³-hybridized carbons (Fsp3) is 0.526. The zero-order valence-corrected chi connectivity index (χ0v) is 14.7. The average molecular weight is 330 g/mol. The van der Waals surface area contributed by atoms with E-state index < -0.39 is 0 Å². The Hall–Kier alpha value is -1.29. The van der Waals surface area contributed by atoms with E-state index in [-0.39, 0.29) is 5.82 Å². The Bertz CT molecular complexity index is 684. The van der Waals surface area contributed by atoms with Gasteiger partial charge in [0.05, 0.1) is 10.7 Å². The minimum absolute atomic E-state index is 0.0996. The number of fused-ring (bicyclic) bond motifs is 2. The SMILES string of the molecule is CC(C)C1=CCC(SNc2c3c(c(F)c4c2CCC4)CCC3)=N1. The number of nitrogens with zero attached hydrogens (tertiary/aromatic N) is 1. The minimum Gasteiger partial charge on any atom is -0.324 e. The molecule has 0 bridgehead atoms. The lowest BCUT2D eigenvalue weighted by atomic mass is 9.98. The van der Waals surface area contributed by atoms with Crippen LogP contribution in [0.1, 0.15) is 55.4 Å². The number of aliphatic imine (C=N–C) groups is 1. The minimum atomic E-state index is 0.0996. The summed E-state index contributed by atoms with van der Waals surface area (Å²) in [7, 11) is 0. The topological polar surface area (TPSA) is 24.4 Å². The summed E-state index contributed by atoms with van der Waals surface area (Å²) in [4.78, 5) is 4.71. The summed E-state index contributed by atoms with van der Waals surface area (Å²) in [5, 5.41) is 1.12. The Morgan fingerprint density at radius 3 is 2.22 bits per heavy atom. The molecule has 0 amide bonds. The fourth-order valence-electron chi connectivity index (χ4n) is 3.98. The molecule has 2 nitrogen and oxygen atoms in total. The summed E-state index contributed by atoms with van der Waals surface area (Å²) >= 11 is 1.62. The maximum atomic E-state index is 14.7. The largest absolute Gasteiger partial charge is 0.324 e. The molecule has 0 saturated heterocycles. The van der Waals surface area contributed by atoms with Crippen LogP contribution in [0.25, 0.3) is 0 Å². The van der Waals surface area contributed by atoms with Crippen molar-refractivity contribution in [2.24, 2.45) is 10.9 Å². The third kappa shape index (κ3) is 2.61. The summed E-state index contributed by atoms with van der Waals surface area (Å²) < 4.78 is 18.2. The molecular formula is C19H23FN2S. The number of rotatable bonds is 3. The molecule has 1 N–H and O–H groups in total. The molecule has 0 aromatic heterocycles. The van der Waals surface area contributed by atoms with Crippen molar-refractivity contribution in [3.05, 3.63) is 39.8 Å². The van der Waals surface area contributed by atoms with Crippen molar-refractivity contribution < 1.29 is 4.39 Å². The van der Waals surface area contributed by atoms with Gasteiger partial charge in [0.25, 0.3) is 0 Å². The van der Waals surface area contributed by atoms with Gasteiger partial charge in [0, 0.05) is 24.1 Å². The molecular weight excluding hydrogens is 307 g/mol. The molecule has 3 aliphatic rings. The third-order valence-corrected chi connectivity index (χ3v) is 5.97. The lowest BCUT2D eigenvalue weighted by Crippen LogP contribution is -2.05. The van der Waals surface area contributed by atoms with Crippen LogP contribution in [0.15, 0.2) is 16.8 Å². The fourth-order valence-corrected chi connectivity index (χ4v) is 4.76. The number of anilines is 1. The standard InChI is InChI=1S/C19H23FN2S/c1-11(2)16-9-10-17(21-16)23-22-19-14-7-3-5-12(14)18(20)13-6-4-8-15(13)19/h9,11,22H,3-8,10H2,1-2H3. The van der Waals surface area contributed by atoms with Gasteiger partial charge in [-0.1, -0.05) is 19.9 Å². The molecule has 23 heavy (non-hydrogen) atoms. The molecule has 0 saturated carbocycles. The van der Waals surface area contributed by atoms with Crippen molar-refractivity contribution in [1.82, 2.24) is 0 Å². The molecule has 4 rings (SSSR count). The predicted molar refractivity (Wildman–Crippen MR) is 96.6 cm³/mol. The van der Waals surface area contributed by atoms with Crippen LogP contribution in [0.4, 0.5) is 10.1 Å². The van der Waals surface area contributed by atoms with Crippen molar-refractivity contribution in [3.8, 4) is 0 Å². The second-order valence-corrected chi connectivity index (χ2v) is 7.89. The summed E-state index contributed by atoms with van der Waals surface area (Å²) in [6.45, 7) is 4.35. The molecule has 0 spiro atoms. The number of allylic oxidation sites excluding steroid dienone is 2. The Morgan fingerprint density at radius 1 is 1.04 bits per heavy atom. The zero-order chi connectivity index (χ0) is 16.0. The van der Waals surface area contributed by atoms with Gasteiger partial charge in [-0.3, -0.25) is 0 Å². The van der Waals surface area contributed by atoms with Gasteiger partial charge >= 0.3 is 0 Å². The van der Waals surface area contributed by atoms with Crippen LogP contribution in [-0.2, 0) is 25.7 Å².